The lowest BCUT2D eigenvalue weighted by molar-refractivity contribution is -0.633. The van der Waals surface area contributed by atoms with Gasteiger partial charge in [-0.25, -0.2) is 0 Å². The molecule has 25 heavy (non-hydrogen) atoms. The molecular weight excluding hydrogens is 302 g/mol. The van der Waals surface area contributed by atoms with Gasteiger partial charge in [0, 0.05) is 23.3 Å². The maximum Gasteiger partial charge on any atom is 0.213 e. The minimum Gasteiger partial charge on any atom is -0.194 e. The summed E-state index contributed by atoms with van der Waals surface area (Å²) in [5.41, 5.74) is 6.23. The van der Waals surface area contributed by atoms with Gasteiger partial charge in [0.1, 0.15) is 7.05 Å². The van der Waals surface area contributed by atoms with Crippen LogP contribution in [0, 0.1) is 0 Å². The van der Waals surface area contributed by atoms with Crippen LogP contribution in [0.2, 0.25) is 0 Å². The Hall–Kier alpha value is -2.93. The van der Waals surface area contributed by atoms with Crippen LogP contribution in [0.5, 0.6) is 0 Å². The van der Waals surface area contributed by atoms with Crippen molar-refractivity contribution < 1.29 is 4.57 Å². The molecule has 0 amide bonds. The van der Waals surface area contributed by atoms with Gasteiger partial charge >= 0.3 is 0 Å². The summed E-state index contributed by atoms with van der Waals surface area (Å²) in [6.45, 7) is 4.00. The second kappa shape index (κ2) is 7.76. The Labute approximate surface area is 150 Å². The number of rotatable bonds is 2. The number of aryl methyl sites for hydroxylation is 1. The van der Waals surface area contributed by atoms with Crippen LogP contribution in [-0.2, 0) is 7.05 Å². The topological polar surface area (TPSA) is 3.88 Å². The maximum absolute atomic E-state index is 2.30. The quantitative estimate of drug-likeness (QED) is 0.396. The average molecular weight is 326 g/mol. The van der Waals surface area contributed by atoms with Gasteiger partial charge in [0.05, 0.1) is 5.39 Å². The van der Waals surface area contributed by atoms with E-state index < -0.39 is 0 Å². The predicted octanol–water partition coefficient (Wildman–Crippen LogP) is 6.02. The van der Waals surface area contributed by atoms with Crippen LogP contribution in [-0.4, -0.2) is 0 Å². The summed E-state index contributed by atoms with van der Waals surface area (Å²) in [5.74, 6) is 0. The third-order valence-corrected chi connectivity index (χ3v) is 4.35. The van der Waals surface area contributed by atoms with Gasteiger partial charge in [0.2, 0.25) is 11.2 Å². The van der Waals surface area contributed by atoms with Crippen LogP contribution in [0.25, 0.3) is 33.3 Å². The highest BCUT2D eigenvalue weighted by Crippen LogP contribution is 2.30. The first-order chi connectivity index (χ1) is 12.3. The fraction of sp³-hybridized carbons (Fsp3) is 0.125. The lowest BCUT2D eigenvalue weighted by Gasteiger charge is -2.09. The van der Waals surface area contributed by atoms with Crippen molar-refractivity contribution in [3.63, 3.8) is 0 Å². The molecule has 0 aliphatic carbocycles. The second-order valence-corrected chi connectivity index (χ2v) is 5.75. The fourth-order valence-electron chi connectivity index (χ4n) is 3.18. The lowest BCUT2D eigenvalue weighted by Crippen LogP contribution is -2.32. The highest BCUT2D eigenvalue weighted by atomic mass is 14.9. The standard InChI is InChI=1S/C22H18N.C2H6/c1-23-21-15-9-8-14-19(21)20(17-10-4-2-5-11-17)16-22(23)18-12-6-3-7-13-18;1-2/h2-16H,1H3;1-2H3/q+1;. The summed E-state index contributed by atoms with van der Waals surface area (Å²) in [6.07, 6.45) is 0. The van der Waals surface area contributed by atoms with Crippen molar-refractivity contribution >= 4 is 10.9 Å². The highest BCUT2D eigenvalue weighted by molar-refractivity contribution is 5.94. The van der Waals surface area contributed by atoms with Crippen LogP contribution < -0.4 is 4.57 Å². The molecule has 4 rings (SSSR count). The van der Waals surface area contributed by atoms with Gasteiger partial charge in [-0.05, 0) is 23.8 Å². The Bertz CT molecular complexity index is 957. The van der Waals surface area contributed by atoms with Crippen molar-refractivity contribution in [2.45, 2.75) is 13.8 Å². The highest BCUT2D eigenvalue weighted by Gasteiger charge is 2.18. The molecule has 3 aromatic carbocycles. The number of fused-ring (bicyclic) bond motifs is 1. The first-order valence-corrected chi connectivity index (χ1v) is 8.87. The van der Waals surface area contributed by atoms with Gasteiger partial charge in [-0.2, -0.15) is 4.57 Å². The zero-order valence-corrected chi connectivity index (χ0v) is 15.1. The number of para-hydroxylation sites is 1. The summed E-state index contributed by atoms with van der Waals surface area (Å²) in [5, 5.41) is 1.28. The molecule has 1 nitrogen and oxygen atoms in total. The third kappa shape index (κ3) is 3.32. The van der Waals surface area contributed by atoms with E-state index in [-0.39, 0.29) is 0 Å². The lowest BCUT2D eigenvalue weighted by atomic mass is 9.98. The van der Waals surface area contributed by atoms with E-state index in [0.717, 1.165) is 0 Å². The summed E-state index contributed by atoms with van der Waals surface area (Å²) in [4.78, 5) is 0. The van der Waals surface area contributed by atoms with Gasteiger partial charge in [-0.1, -0.05) is 74.5 Å². The van der Waals surface area contributed by atoms with Crippen LogP contribution >= 0.6 is 0 Å². The molecule has 1 heterocycles. The molecule has 0 unspecified atom stereocenters. The molecule has 0 radical (unpaired) electrons. The monoisotopic (exact) mass is 326 g/mol. The molecule has 1 heteroatoms. The molecule has 0 aliphatic heterocycles. The first-order valence-electron chi connectivity index (χ1n) is 8.87. The third-order valence-electron chi connectivity index (χ3n) is 4.35. The van der Waals surface area contributed by atoms with Crippen LogP contribution in [0.15, 0.2) is 91.0 Å². The van der Waals surface area contributed by atoms with Crippen molar-refractivity contribution in [3.8, 4) is 22.4 Å². The summed E-state index contributed by atoms with van der Waals surface area (Å²) < 4.78 is 2.27. The number of nitrogens with zero attached hydrogens (tertiary/aromatic N) is 1. The van der Waals surface area contributed by atoms with E-state index in [0.29, 0.717) is 0 Å². The molecule has 0 fully saturated rings. The average Bonchev–Trinajstić information content (AvgIpc) is 2.71. The van der Waals surface area contributed by atoms with Gasteiger partial charge in [0.25, 0.3) is 0 Å². The first kappa shape index (κ1) is 16.9. The van der Waals surface area contributed by atoms with Crippen LogP contribution in [0.1, 0.15) is 13.8 Å². The van der Waals surface area contributed by atoms with E-state index in [2.05, 4.69) is 103 Å². The second-order valence-electron chi connectivity index (χ2n) is 5.75. The van der Waals surface area contributed by atoms with Crippen molar-refractivity contribution in [1.82, 2.24) is 0 Å². The van der Waals surface area contributed by atoms with E-state index in [9.17, 15) is 0 Å². The molecular formula is C24H24N+. The molecule has 0 saturated carbocycles. The summed E-state index contributed by atoms with van der Waals surface area (Å²) in [6, 6.07) is 32.1. The van der Waals surface area contributed by atoms with Gasteiger partial charge < -0.3 is 0 Å². The van der Waals surface area contributed by atoms with E-state index in [1.807, 2.05) is 13.8 Å². The largest absolute Gasteiger partial charge is 0.213 e. The van der Waals surface area contributed by atoms with E-state index >= 15 is 0 Å². The van der Waals surface area contributed by atoms with Gasteiger partial charge in [0.15, 0.2) is 0 Å². The summed E-state index contributed by atoms with van der Waals surface area (Å²) >= 11 is 0. The van der Waals surface area contributed by atoms with Crippen molar-refractivity contribution in [2.75, 3.05) is 0 Å². The summed E-state index contributed by atoms with van der Waals surface area (Å²) in [7, 11) is 2.14. The van der Waals surface area contributed by atoms with Crippen LogP contribution in [0.3, 0.4) is 0 Å². The Kier molecular flexibility index (Phi) is 5.25. The Morgan fingerprint density at radius 1 is 0.600 bits per heavy atom. The van der Waals surface area contributed by atoms with E-state index in [4.69, 9.17) is 0 Å². The smallest absolute Gasteiger partial charge is 0.194 e. The zero-order valence-electron chi connectivity index (χ0n) is 15.1. The number of hydrogen-bond acceptors (Lipinski definition) is 0. The fourth-order valence-corrected chi connectivity index (χ4v) is 3.18. The molecule has 0 saturated heterocycles. The zero-order chi connectivity index (χ0) is 17.6. The van der Waals surface area contributed by atoms with Crippen molar-refractivity contribution in [3.05, 3.63) is 91.0 Å². The maximum atomic E-state index is 2.30. The van der Waals surface area contributed by atoms with Crippen LogP contribution in [0.4, 0.5) is 0 Å². The van der Waals surface area contributed by atoms with Crippen molar-refractivity contribution in [1.29, 1.82) is 0 Å². The van der Waals surface area contributed by atoms with Gasteiger partial charge in [-0.3, -0.25) is 0 Å². The molecule has 0 spiro atoms. The Morgan fingerprint density at radius 3 is 1.76 bits per heavy atom. The molecule has 0 atom stereocenters. The Morgan fingerprint density at radius 2 is 1.12 bits per heavy atom. The SMILES string of the molecule is CC.C[n+]1c(-c2ccccc2)cc(-c2ccccc2)c2ccccc21. The predicted molar refractivity (Wildman–Crippen MR) is 107 cm³/mol. The molecule has 4 aromatic rings. The normalized spacial score (nSPS) is 10.2. The number of pyridine rings is 1. The minimum atomic E-state index is 1.23. The molecule has 124 valence electrons. The molecule has 1 aromatic heterocycles. The molecule has 0 aliphatic rings. The number of benzene rings is 3. The number of aromatic nitrogens is 1. The van der Waals surface area contributed by atoms with Gasteiger partial charge in [-0.15, -0.1) is 0 Å². The minimum absolute atomic E-state index is 1.23. The van der Waals surface area contributed by atoms with E-state index in [1.165, 1.54) is 33.3 Å². The molecule has 0 bridgehead atoms. The van der Waals surface area contributed by atoms with Crippen molar-refractivity contribution in [2.24, 2.45) is 7.05 Å². The Balaban J connectivity index is 0.000000880. The molecule has 0 N–H and O–H groups in total. The number of hydrogen-bond donors (Lipinski definition) is 0. The van der Waals surface area contributed by atoms with E-state index in [1.54, 1.807) is 0 Å².